The number of amides is 1. The number of nitrogens with zero attached hydrogens (tertiary/aromatic N) is 5. The molecule has 1 saturated heterocycles. The number of nitrogens with one attached hydrogen (secondary N) is 1. The summed E-state index contributed by atoms with van der Waals surface area (Å²) in [5.74, 6) is -1.48. The van der Waals surface area contributed by atoms with Gasteiger partial charge in [-0.2, -0.15) is 5.26 Å². The highest BCUT2D eigenvalue weighted by Crippen LogP contribution is 2.35. The van der Waals surface area contributed by atoms with Gasteiger partial charge in [-0.1, -0.05) is 18.5 Å². The molecule has 1 aliphatic rings. The second-order valence-corrected chi connectivity index (χ2v) is 10.3. The van der Waals surface area contributed by atoms with E-state index in [9.17, 15) is 10.1 Å². The zero-order valence-electron chi connectivity index (χ0n) is 22.2. The average molecular weight is 569 g/mol. The number of morpholine rings is 1. The van der Waals surface area contributed by atoms with Gasteiger partial charge >= 0.3 is 6.09 Å². The lowest BCUT2D eigenvalue weighted by Crippen LogP contribution is -2.46. The van der Waals surface area contributed by atoms with E-state index in [1.807, 2.05) is 25.1 Å². The van der Waals surface area contributed by atoms with Crippen LogP contribution in [-0.2, 0) is 20.8 Å². The molecule has 1 N–H and O–H groups in total. The van der Waals surface area contributed by atoms with Crippen molar-refractivity contribution in [1.82, 2.24) is 24.3 Å². The largest absolute Gasteiger partial charge is 0.453 e. The minimum Gasteiger partial charge on any atom is -0.453 e. The number of pyridine rings is 1. The Hall–Kier alpha value is -4.01. The third kappa shape index (κ3) is 5.00. The Morgan fingerprint density at radius 3 is 2.75 bits per heavy atom. The van der Waals surface area contributed by atoms with Crippen LogP contribution < -0.4 is 0 Å². The molecule has 5 rings (SSSR count). The summed E-state index contributed by atoms with van der Waals surface area (Å²) in [6, 6.07) is 8.06. The summed E-state index contributed by atoms with van der Waals surface area (Å²) in [6.45, 7) is 4.61. The van der Waals surface area contributed by atoms with Gasteiger partial charge in [-0.05, 0) is 43.2 Å². The normalized spacial score (nSPS) is 17.0. The molecule has 0 aliphatic carbocycles. The average Bonchev–Trinajstić information content (AvgIpc) is 3.58. The first-order chi connectivity index (χ1) is 19.2. The van der Waals surface area contributed by atoms with Crippen molar-refractivity contribution >= 4 is 23.3 Å². The lowest BCUT2D eigenvalue weighted by Gasteiger charge is -2.32. The summed E-state index contributed by atoms with van der Waals surface area (Å²) in [5.41, 5.74) is 2.28. The van der Waals surface area contributed by atoms with E-state index in [0.717, 1.165) is 5.56 Å². The van der Waals surface area contributed by atoms with E-state index in [0.29, 0.717) is 30.9 Å². The standard InChI is InChI=1S/C28H27ClF2N6O3/c1-4-28(29,15-32)22-13-33-26(34-22)17-10-19(30)24(20(31)11-17)25-21(37-6-5-16(2)9-23(37)35-25)12-18-14-36(7-8-40-18)27(38)39-3/h5-6,9-11,13,18H,4,7-8,12,14H2,1-3H3,(H,33,34). The maximum Gasteiger partial charge on any atom is 0.409 e. The zero-order chi connectivity index (χ0) is 28.6. The first-order valence-electron chi connectivity index (χ1n) is 12.7. The predicted molar refractivity (Wildman–Crippen MR) is 144 cm³/mol. The highest BCUT2D eigenvalue weighted by atomic mass is 35.5. The lowest BCUT2D eigenvalue weighted by molar-refractivity contribution is -0.0241. The number of benzene rings is 1. The molecule has 0 spiro atoms. The number of ether oxygens (including phenoxy) is 2. The Kier molecular flexibility index (Phi) is 7.49. The number of halogens is 3. The highest BCUT2D eigenvalue weighted by molar-refractivity contribution is 6.25. The van der Waals surface area contributed by atoms with E-state index in [1.54, 1.807) is 17.5 Å². The van der Waals surface area contributed by atoms with Gasteiger partial charge in [0.1, 0.15) is 23.1 Å². The number of aryl methyl sites for hydroxylation is 1. The van der Waals surface area contributed by atoms with Crippen LogP contribution in [0.15, 0.2) is 36.7 Å². The molecule has 0 bridgehead atoms. The number of nitriles is 1. The van der Waals surface area contributed by atoms with Crippen LogP contribution in [0.3, 0.4) is 0 Å². The van der Waals surface area contributed by atoms with Crippen molar-refractivity contribution in [3.8, 4) is 28.7 Å². The van der Waals surface area contributed by atoms with Crippen molar-refractivity contribution in [3.05, 3.63) is 65.2 Å². The first-order valence-corrected chi connectivity index (χ1v) is 13.1. The molecule has 208 valence electrons. The molecular formula is C28H27ClF2N6O3. The van der Waals surface area contributed by atoms with Gasteiger partial charge in [0.2, 0.25) is 0 Å². The second kappa shape index (κ2) is 10.9. The van der Waals surface area contributed by atoms with Gasteiger partial charge in [0, 0.05) is 30.9 Å². The van der Waals surface area contributed by atoms with E-state index < -0.39 is 28.7 Å². The molecule has 2 unspecified atom stereocenters. The Morgan fingerprint density at radius 1 is 1.32 bits per heavy atom. The van der Waals surface area contributed by atoms with Crippen LogP contribution in [0.1, 0.15) is 30.3 Å². The van der Waals surface area contributed by atoms with Gasteiger partial charge in [0.05, 0.1) is 55.1 Å². The molecule has 4 aromatic rings. The molecular weight excluding hydrogens is 542 g/mol. The summed E-state index contributed by atoms with van der Waals surface area (Å²) in [4.78, 5) is 24.1. The quantitative estimate of drug-likeness (QED) is 0.314. The fraction of sp³-hybridized carbons (Fsp3) is 0.357. The molecule has 9 nitrogen and oxygen atoms in total. The van der Waals surface area contributed by atoms with E-state index in [2.05, 4.69) is 15.0 Å². The van der Waals surface area contributed by atoms with Gasteiger partial charge in [-0.25, -0.2) is 23.5 Å². The minimum atomic E-state index is -1.35. The van der Waals surface area contributed by atoms with Crippen molar-refractivity contribution in [2.24, 2.45) is 0 Å². The van der Waals surface area contributed by atoms with Gasteiger partial charge in [0.25, 0.3) is 0 Å². The molecule has 1 amide bonds. The number of aromatic nitrogens is 4. The number of rotatable bonds is 6. The number of fused-ring (bicyclic) bond motifs is 1. The van der Waals surface area contributed by atoms with Crippen LogP contribution in [0, 0.1) is 29.9 Å². The van der Waals surface area contributed by atoms with Crippen LogP contribution >= 0.6 is 11.6 Å². The molecule has 40 heavy (non-hydrogen) atoms. The van der Waals surface area contributed by atoms with Crippen molar-refractivity contribution in [2.75, 3.05) is 26.8 Å². The number of carbonyl (C=O) groups is 1. The third-order valence-corrected chi connectivity index (χ3v) is 7.62. The van der Waals surface area contributed by atoms with Crippen molar-refractivity contribution in [2.45, 2.75) is 37.7 Å². The first kappa shape index (κ1) is 27.6. The fourth-order valence-corrected chi connectivity index (χ4v) is 4.97. The molecule has 12 heteroatoms. The van der Waals surface area contributed by atoms with Crippen molar-refractivity contribution in [1.29, 1.82) is 5.26 Å². The van der Waals surface area contributed by atoms with Gasteiger partial charge in [0.15, 0.2) is 4.87 Å². The molecule has 4 heterocycles. The Labute approximate surface area is 234 Å². The second-order valence-electron chi connectivity index (χ2n) is 9.67. The summed E-state index contributed by atoms with van der Waals surface area (Å²) in [6.07, 6.45) is 2.91. The molecule has 2 atom stereocenters. The number of hydrogen-bond donors (Lipinski definition) is 1. The van der Waals surface area contributed by atoms with Crippen LogP contribution in [0.2, 0.25) is 0 Å². The molecule has 0 saturated carbocycles. The van der Waals surface area contributed by atoms with E-state index in [1.165, 1.54) is 30.3 Å². The Balaban J connectivity index is 1.55. The molecule has 0 radical (unpaired) electrons. The number of hydrogen-bond acceptors (Lipinski definition) is 6. The zero-order valence-corrected chi connectivity index (χ0v) is 22.9. The molecule has 1 aromatic carbocycles. The van der Waals surface area contributed by atoms with Gasteiger partial charge in [-0.3, -0.25) is 0 Å². The smallest absolute Gasteiger partial charge is 0.409 e. The Morgan fingerprint density at radius 2 is 2.08 bits per heavy atom. The predicted octanol–water partition coefficient (Wildman–Crippen LogP) is 5.36. The van der Waals surface area contributed by atoms with Crippen LogP contribution in [0.25, 0.3) is 28.3 Å². The third-order valence-electron chi connectivity index (χ3n) is 7.07. The monoisotopic (exact) mass is 568 g/mol. The minimum absolute atomic E-state index is 0.140. The number of carbonyl (C=O) groups excluding carboxylic acids is 1. The molecule has 1 fully saturated rings. The lowest BCUT2D eigenvalue weighted by atomic mass is 10.0. The topological polar surface area (TPSA) is 109 Å². The summed E-state index contributed by atoms with van der Waals surface area (Å²) in [7, 11) is 1.32. The number of methoxy groups -OCH3 is 1. The maximum atomic E-state index is 15.7. The molecule has 1 aliphatic heterocycles. The summed E-state index contributed by atoms with van der Waals surface area (Å²) >= 11 is 6.34. The van der Waals surface area contributed by atoms with Crippen molar-refractivity contribution in [3.63, 3.8) is 0 Å². The van der Waals surface area contributed by atoms with E-state index >= 15 is 8.78 Å². The van der Waals surface area contributed by atoms with Crippen LogP contribution in [0.4, 0.5) is 13.6 Å². The number of aromatic amines is 1. The summed E-state index contributed by atoms with van der Waals surface area (Å²) < 4.78 is 44.0. The Bertz CT molecular complexity index is 1610. The SMILES string of the molecule is CCC(Cl)(C#N)c1c[nH]c(-c2cc(F)c(-c3nc4cc(C)ccn4c3CC3CN(C(=O)OC)CCO3)c(F)c2)n1. The molecule has 3 aromatic heterocycles. The highest BCUT2D eigenvalue weighted by Gasteiger charge is 2.32. The summed E-state index contributed by atoms with van der Waals surface area (Å²) in [5, 5.41) is 9.44. The fourth-order valence-electron chi connectivity index (χ4n) is 4.87. The number of imidazole rings is 2. The maximum absolute atomic E-state index is 15.7. The number of H-pyrrole nitrogens is 1. The van der Waals surface area contributed by atoms with Gasteiger partial charge < -0.3 is 23.8 Å². The van der Waals surface area contributed by atoms with Crippen LogP contribution in [-0.4, -0.2) is 63.3 Å². The van der Waals surface area contributed by atoms with E-state index in [4.69, 9.17) is 21.1 Å². The van der Waals surface area contributed by atoms with E-state index in [-0.39, 0.29) is 41.3 Å². The van der Waals surface area contributed by atoms with Crippen LogP contribution in [0.5, 0.6) is 0 Å². The van der Waals surface area contributed by atoms with Crippen molar-refractivity contribution < 1.29 is 23.0 Å². The number of alkyl halides is 1. The van der Waals surface area contributed by atoms with Gasteiger partial charge in [-0.15, -0.1) is 0 Å².